The summed E-state index contributed by atoms with van der Waals surface area (Å²) in [6, 6.07) is 12.6. The van der Waals surface area contributed by atoms with E-state index in [0.29, 0.717) is 0 Å². The molecule has 0 aliphatic carbocycles. The molecule has 1 aromatic carbocycles. The average Bonchev–Trinajstić information content (AvgIpc) is 2.48. The summed E-state index contributed by atoms with van der Waals surface area (Å²) in [7, 11) is 2.08. The maximum Gasteiger partial charge on any atom is 0.128 e. The number of aromatic nitrogens is 1. The third-order valence-corrected chi connectivity index (χ3v) is 3.76. The molecule has 1 heterocycles. The molecule has 0 amide bonds. The summed E-state index contributed by atoms with van der Waals surface area (Å²) in [6.45, 7) is 4.97. The third kappa shape index (κ3) is 5.14. The van der Waals surface area contributed by atoms with Crippen molar-refractivity contribution in [2.75, 3.05) is 18.5 Å². The predicted molar refractivity (Wildman–Crippen MR) is 92.5 cm³/mol. The summed E-state index contributed by atoms with van der Waals surface area (Å²) in [5, 5.41) is 3.42. The van der Waals surface area contributed by atoms with E-state index in [0.717, 1.165) is 36.3 Å². The quantitative estimate of drug-likeness (QED) is 0.767. The van der Waals surface area contributed by atoms with Crippen LogP contribution in [0.5, 0.6) is 0 Å². The van der Waals surface area contributed by atoms with Gasteiger partial charge in [-0.1, -0.05) is 35.0 Å². The maximum absolute atomic E-state index is 4.47. The lowest BCUT2D eigenvalue weighted by atomic mass is 10.2. The minimum Gasteiger partial charge on any atom is -0.355 e. The van der Waals surface area contributed by atoms with Gasteiger partial charge in [0.25, 0.3) is 0 Å². The van der Waals surface area contributed by atoms with E-state index in [-0.39, 0.29) is 0 Å². The molecular weight excluding hydrogens is 326 g/mol. The SMILES string of the molecule is CCCNCc1ccnc(N(C)Cc2cccc(Br)c2)c1. The highest BCUT2D eigenvalue weighted by molar-refractivity contribution is 9.10. The maximum atomic E-state index is 4.47. The van der Waals surface area contributed by atoms with Gasteiger partial charge in [0.1, 0.15) is 5.82 Å². The minimum absolute atomic E-state index is 0.846. The molecule has 21 heavy (non-hydrogen) atoms. The molecule has 3 nitrogen and oxygen atoms in total. The van der Waals surface area contributed by atoms with E-state index >= 15 is 0 Å². The largest absolute Gasteiger partial charge is 0.355 e. The fourth-order valence-corrected chi connectivity index (χ4v) is 2.63. The normalized spacial score (nSPS) is 10.6. The number of hydrogen-bond acceptors (Lipinski definition) is 3. The number of pyridine rings is 1. The summed E-state index contributed by atoms with van der Waals surface area (Å²) in [5.41, 5.74) is 2.54. The number of benzene rings is 1. The van der Waals surface area contributed by atoms with Crippen LogP contribution in [-0.2, 0) is 13.1 Å². The van der Waals surface area contributed by atoms with Crippen molar-refractivity contribution in [2.24, 2.45) is 0 Å². The van der Waals surface area contributed by atoms with Crippen LogP contribution in [-0.4, -0.2) is 18.6 Å². The first kappa shape index (κ1) is 16.0. The molecule has 0 unspecified atom stereocenters. The number of nitrogens with one attached hydrogen (secondary N) is 1. The lowest BCUT2D eigenvalue weighted by molar-refractivity contribution is 0.674. The van der Waals surface area contributed by atoms with Crippen molar-refractivity contribution in [1.82, 2.24) is 10.3 Å². The summed E-state index contributed by atoms with van der Waals surface area (Å²) in [6.07, 6.45) is 3.04. The summed E-state index contributed by atoms with van der Waals surface area (Å²) >= 11 is 3.51. The van der Waals surface area contributed by atoms with E-state index in [9.17, 15) is 0 Å². The van der Waals surface area contributed by atoms with Gasteiger partial charge in [-0.25, -0.2) is 4.98 Å². The summed E-state index contributed by atoms with van der Waals surface area (Å²) in [5.74, 6) is 1.01. The zero-order chi connectivity index (χ0) is 15.1. The second kappa shape index (κ2) is 8.15. The predicted octanol–water partition coefficient (Wildman–Crippen LogP) is 3.98. The molecule has 2 rings (SSSR count). The number of anilines is 1. The number of rotatable bonds is 7. The Kier molecular flexibility index (Phi) is 6.21. The Balaban J connectivity index is 2.01. The first-order valence-corrected chi connectivity index (χ1v) is 8.09. The topological polar surface area (TPSA) is 28.2 Å². The molecule has 1 aromatic heterocycles. The number of halogens is 1. The number of hydrogen-bond donors (Lipinski definition) is 1. The molecule has 0 aliphatic rings. The van der Waals surface area contributed by atoms with Crippen LogP contribution in [0, 0.1) is 0 Å². The molecule has 4 heteroatoms. The van der Waals surface area contributed by atoms with Crippen molar-refractivity contribution >= 4 is 21.7 Å². The van der Waals surface area contributed by atoms with Gasteiger partial charge in [-0.2, -0.15) is 0 Å². The Labute approximate surface area is 135 Å². The summed E-state index contributed by atoms with van der Waals surface area (Å²) < 4.78 is 1.11. The van der Waals surface area contributed by atoms with Crippen LogP contribution >= 0.6 is 15.9 Å². The molecule has 0 aliphatic heterocycles. The second-order valence-corrected chi connectivity index (χ2v) is 6.10. The number of nitrogens with zero attached hydrogens (tertiary/aromatic N) is 2. The lowest BCUT2D eigenvalue weighted by Crippen LogP contribution is -2.19. The van der Waals surface area contributed by atoms with Gasteiger partial charge in [0.05, 0.1) is 0 Å². The monoisotopic (exact) mass is 347 g/mol. The van der Waals surface area contributed by atoms with Gasteiger partial charge >= 0.3 is 0 Å². The standard InChI is InChI=1S/C17H22BrN3/c1-3-8-19-12-14-7-9-20-17(11-14)21(2)13-15-5-4-6-16(18)10-15/h4-7,9-11,19H,3,8,12-13H2,1-2H3. The molecular formula is C17H22BrN3. The van der Waals surface area contributed by atoms with Gasteiger partial charge in [-0.3, -0.25) is 0 Å². The fraction of sp³-hybridized carbons (Fsp3) is 0.353. The fourth-order valence-electron chi connectivity index (χ4n) is 2.18. The average molecular weight is 348 g/mol. The van der Waals surface area contributed by atoms with Gasteiger partial charge in [0.2, 0.25) is 0 Å². The Morgan fingerprint density at radius 1 is 1.19 bits per heavy atom. The van der Waals surface area contributed by atoms with E-state index in [1.54, 1.807) is 0 Å². The third-order valence-electron chi connectivity index (χ3n) is 3.27. The highest BCUT2D eigenvalue weighted by atomic mass is 79.9. The molecule has 0 radical (unpaired) electrons. The smallest absolute Gasteiger partial charge is 0.128 e. The van der Waals surface area contributed by atoms with E-state index in [4.69, 9.17) is 0 Å². The highest BCUT2D eigenvalue weighted by Crippen LogP contribution is 2.17. The molecule has 0 spiro atoms. The van der Waals surface area contributed by atoms with Crippen LogP contribution in [0.4, 0.5) is 5.82 Å². The van der Waals surface area contributed by atoms with E-state index < -0.39 is 0 Å². The molecule has 0 fully saturated rings. The van der Waals surface area contributed by atoms with Crippen molar-refractivity contribution in [2.45, 2.75) is 26.4 Å². The Bertz CT molecular complexity index is 571. The summed E-state index contributed by atoms with van der Waals surface area (Å²) in [4.78, 5) is 6.64. The molecule has 112 valence electrons. The zero-order valence-corrected chi connectivity index (χ0v) is 14.2. The van der Waals surface area contributed by atoms with Crippen molar-refractivity contribution < 1.29 is 0 Å². The van der Waals surface area contributed by atoms with Crippen LogP contribution in [0.1, 0.15) is 24.5 Å². The van der Waals surface area contributed by atoms with Crippen molar-refractivity contribution in [3.05, 3.63) is 58.2 Å². The first-order chi connectivity index (χ1) is 10.2. The van der Waals surface area contributed by atoms with Crippen molar-refractivity contribution in [1.29, 1.82) is 0 Å². The van der Waals surface area contributed by atoms with Crippen LogP contribution in [0.2, 0.25) is 0 Å². The van der Waals surface area contributed by atoms with E-state index in [1.807, 2.05) is 12.3 Å². The lowest BCUT2D eigenvalue weighted by Gasteiger charge is -2.19. The van der Waals surface area contributed by atoms with Crippen LogP contribution < -0.4 is 10.2 Å². The highest BCUT2D eigenvalue weighted by Gasteiger charge is 2.05. The van der Waals surface area contributed by atoms with Crippen LogP contribution in [0.25, 0.3) is 0 Å². The van der Waals surface area contributed by atoms with Gasteiger partial charge in [0.15, 0.2) is 0 Å². The van der Waals surface area contributed by atoms with Gasteiger partial charge in [-0.15, -0.1) is 0 Å². The van der Waals surface area contributed by atoms with Crippen LogP contribution in [0.3, 0.4) is 0 Å². The molecule has 0 saturated carbocycles. The van der Waals surface area contributed by atoms with Crippen LogP contribution in [0.15, 0.2) is 47.1 Å². The molecule has 1 N–H and O–H groups in total. The van der Waals surface area contributed by atoms with E-state index in [1.165, 1.54) is 11.1 Å². The Morgan fingerprint density at radius 2 is 2.05 bits per heavy atom. The van der Waals surface area contributed by atoms with Gasteiger partial charge < -0.3 is 10.2 Å². The van der Waals surface area contributed by atoms with Crippen molar-refractivity contribution in [3.63, 3.8) is 0 Å². The van der Waals surface area contributed by atoms with Gasteiger partial charge in [0, 0.05) is 30.8 Å². The Hall–Kier alpha value is -1.39. The zero-order valence-electron chi connectivity index (χ0n) is 12.6. The minimum atomic E-state index is 0.846. The van der Waals surface area contributed by atoms with Gasteiger partial charge in [-0.05, 0) is 48.4 Å². The molecule has 0 bridgehead atoms. The molecule has 2 aromatic rings. The van der Waals surface area contributed by atoms with Crippen molar-refractivity contribution in [3.8, 4) is 0 Å². The first-order valence-electron chi connectivity index (χ1n) is 7.30. The molecule has 0 saturated heterocycles. The second-order valence-electron chi connectivity index (χ2n) is 5.19. The van der Waals surface area contributed by atoms with E-state index in [2.05, 4.69) is 75.4 Å². The molecule has 0 atom stereocenters. The Morgan fingerprint density at radius 3 is 2.81 bits per heavy atom.